The molecule has 2 saturated carbocycles. The number of amides is 1. The van der Waals surface area contributed by atoms with Crippen molar-refractivity contribution in [3.63, 3.8) is 0 Å². The first kappa shape index (κ1) is 24.4. The molecule has 6 rings (SSSR count). The van der Waals surface area contributed by atoms with Crippen molar-refractivity contribution in [1.82, 2.24) is 0 Å². The van der Waals surface area contributed by atoms with Gasteiger partial charge in [0.05, 0.1) is 16.9 Å². The summed E-state index contributed by atoms with van der Waals surface area (Å²) in [4.78, 5) is 17.6. The number of nitrogens with one attached hydrogen (secondary N) is 1. The summed E-state index contributed by atoms with van der Waals surface area (Å²) in [6, 6.07) is 8.98. The van der Waals surface area contributed by atoms with Crippen molar-refractivity contribution in [2.45, 2.75) is 62.7 Å². The lowest BCUT2D eigenvalue weighted by molar-refractivity contribution is -0.0499. The van der Waals surface area contributed by atoms with Crippen LogP contribution in [-0.4, -0.2) is 38.5 Å². The zero-order valence-electron chi connectivity index (χ0n) is 20.5. The van der Waals surface area contributed by atoms with Gasteiger partial charge in [0.25, 0.3) is 5.91 Å². The van der Waals surface area contributed by atoms with Gasteiger partial charge >= 0.3 is 0 Å². The lowest BCUT2D eigenvalue weighted by Crippen LogP contribution is -2.39. The minimum Gasteiger partial charge on any atom is -0.371 e. The van der Waals surface area contributed by atoms with E-state index in [0.29, 0.717) is 41.7 Å². The molecular weight excluding hydrogens is 578 g/mol. The molecule has 8 heteroatoms. The molecule has 0 bridgehead atoms. The van der Waals surface area contributed by atoms with Crippen molar-refractivity contribution >= 4 is 45.6 Å². The number of nitrogens with zero attached hydrogens (tertiary/aromatic N) is 2. The van der Waals surface area contributed by atoms with Crippen molar-refractivity contribution in [2.24, 2.45) is 5.41 Å². The van der Waals surface area contributed by atoms with Crippen LogP contribution in [-0.2, 0) is 5.41 Å². The van der Waals surface area contributed by atoms with E-state index in [1.54, 1.807) is 0 Å². The van der Waals surface area contributed by atoms with Crippen LogP contribution in [0, 0.1) is 14.8 Å². The average molecular weight is 609 g/mol. The lowest BCUT2D eigenvalue weighted by Gasteiger charge is -2.37. The normalized spacial score (nSPS) is 23.1. The van der Waals surface area contributed by atoms with E-state index < -0.39 is 17.2 Å². The van der Waals surface area contributed by atoms with Crippen LogP contribution in [0.25, 0.3) is 0 Å². The van der Waals surface area contributed by atoms with Crippen molar-refractivity contribution in [1.29, 1.82) is 0 Å². The number of anilines is 3. The number of carbonyl (C=O) groups excluding carboxylic acids is 1. The largest absolute Gasteiger partial charge is 0.371 e. The third-order valence-corrected chi connectivity index (χ3v) is 9.75. The van der Waals surface area contributed by atoms with Gasteiger partial charge in [-0.1, -0.05) is 0 Å². The maximum atomic E-state index is 15.3. The second-order valence-corrected chi connectivity index (χ2v) is 12.7. The molecule has 2 heterocycles. The lowest BCUT2D eigenvalue weighted by atomic mass is 9.69. The molecule has 3 fully saturated rings. The Labute approximate surface area is 223 Å². The number of halogens is 4. The summed E-state index contributed by atoms with van der Waals surface area (Å²) in [5.41, 5.74) is 3.11. The van der Waals surface area contributed by atoms with Crippen LogP contribution in [0.4, 0.5) is 30.2 Å². The molecule has 0 aromatic heterocycles. The highest BCUT2D eigenvalue weighted by molar-refractivity contribution is 14.1. The average Bonchev–Trinajstić information content (AvgIpc) is 3.52. The Morgan fingerprint density at radius 2 is 1.67 bits per heavy atom. The van der Waals surface area contributed by atoms with Gasteiger partial charge in [-0.3, -0.25) is 4.79 Å². The Hall–Kier alpha value is -1.97. The first-order valence-electron chi connectivity index (χ1n) is 12.9. The number of hydrogen-bond acceptors (Lipinski definition) is 3. The molecule has 4 nitrogen and oxygen atoms in total. The Morgan fingerprint density at radius 3 is 2.33 bits per heavy atom. The van der Waals surface area contributed by atoms with Gasteiger partial charge in [0, 0.05) is 54.2 Å². The fourth-order valence-electron chi connectivity index (χ4n) is 6.66. The molecule has 2 aliphatic carbocycles. The molecule has 1 N–H and O–H groups in total. The predicted molar refractivity (Wildman–Crippen MR) is 145 cm³/mol. The van der Waals surface area contributed by atoms with E-state index in [-0.39, 0.29) is 18.7 Å². The van der Waals surface area contributed by atoms with Crippen LogP contribution < -0.4 is 15.1 Å². The number of likely N-dealkylation sites (N-methyl/N-ethyl adjacent to an activating group) is 1. The molecule has 0 atom stereocenters. The molecule has 2 aromatic carbocycles. The number of rotatable bonds is 3. The first-order valence-corrected chi connectivity index (χ1v) is 14.0. The van der Waals surface area contributed by atoms with Crippen LogP contribution in [0.1, 0.15) is 67.3 Å². The molecule has 4 aliphatic rings. The standard InChI is InChI=1S/C28H31F3IN3O/c1-34-17-27(6-8-28(30,31)9-7-27)21-15-19(16-22(29)24(21)34)33-25(36)20-3-2-18(32)14-23(20)35-12-10-26(4-5-26)11-13-35/h2-3,14-16H,4-13,17H2,1H3,(H,33,36). The van der Waals surface area contributed by atoms with Gasteiger partial charge in [0.15, 0.2) is 0 Å². The number of hydrogen-bond donors (Lipinski definition) is 1. The summed E-state index contributed by atoms with van der Waals surface area (Å²) in [6.45, 7) is 2.39. The number of carbonyl (C=O) groups is 1. The van der Waals surface area contributed by atoms with Crippen molar-refractivity contribution in [2.75, 3.05) is 41.8 Å². The van der Waals surface area contributed by atoms with Crippen LogP contribution in [0.2, 0.25) is 0 Å². The summed E-state index contributed by atoms with van der Waals surface area (Å²) in [5.74, 6) is -3.36. The molecular formula is C28H31F3IN3O. The van der Waals surface area contributed by atoms with E-state index >= 15 is 4.39 Å². The SMILES string of the molecule is CN1CC2(CCC(F)(F)CC2)c2cc(NC(=O)c3ccc(I)cc3N3CCC4(CC3)CC4)cc(F)c21. The summed E-state index contributed by atoms with van der Waals surface area (Å²) in [6.07, 6.45) is 5.19. The van der Waals surface area contributed by atoms with Gasteiger partial charge in [-0.25, -0.2) is 13.2 Å². The zero-order valence-corrected chi connectivity index (χ0v) is 22.6. The molecule has 0 unspecified atom stereocenters. The van der Waals surface area contributed by atoms with E-state index in [0.717, 1.165) is 40.8 Å². The fraction of sp³-hybridized carbons (Fsp3) is 0.536. The minimum absolute atomic E-state index is 0.193. The molecule has 2 spiro atoms. The van der Waals surface area contributed by atoms with Gasteiger partial charge in [-0.15, -0.1) is 0 Å². The van der Waals surface area contributed by atoms with E-state index in [1.807, 2.05) is 30.1 Å². The van der Waals surface area contributed by atoms with Gasteiger partial charge < -0.3 is 15.1 Å². The van der Waals surface area contributed by atoms with E-state index in [2.05, 4.69) is 38.9 Å². The minimum atomic E-state index is -2.66. The summed E-state index contributed by atoms with van der Waals surface area (Å²) < 4.78 is 44.3. The number of benzene rings is 2. The molecule has 0 radical (unpaired) electrons. The fourth-order valence-corrected chi connectivity index (χ4v) is 7.13. The molecule has 1 saturated heterocycles. The van der Waals surface area contributed by atoms with Crippen LogP contribution in [0.5, 0.6) is 0 Å². The van der Waals surface area contributed by atoms with Gasteiger partial charge in [-0.2, -0.15) is 0 Å². The Balaban J connectivity index is 1.28. The zero-order chi connectivity index (χ0) is 25.3. The number of alkyl halides is 2. The summed E-state index contributed by atoms with van der Waals surface area (Å²) in [7, 11) is 1.81. The summed E-state index contributed by atoms with van der Waals surface area (Å²) >= 11 is 2.27. The third kappa shape index (κ3) is 4.27. The van der Waals surface area contributed by atoms with Gasteiger partial charge in [0.2, 0.25) is 5.92 Å². The number of piperidine rings is 1. The monoisotopic (exact) mass is 609 g/mol. The maximum Gasteiger partial charge on any atom is 0.257 e. The molecule has 192 valence electrons. The van der Waals surface area contributed by atoms with Gasteiger partial charge in [-0.05, 0) is 102 Å². The highest BCUT2D eigenvalue weighted by Gasteiger charge is 2.50. The van der Waals surface area contributed by atoms with Crippen LogP contribution >= 0.6 is 22.6 Å². The second kappa shape index (κ2) is 8.53. The highest BCUT2D eigenvalue weighted by atomic mass is 127. The topological polar surface area (TPSA) is 35.6 Å². The van der Waals surface area contributed by atoms with Gasteiger partial charge in [0.1, 0.15) is 5.82 Å². The third-order valence-electron chi connectivity index (χ3n) is 9.08. The van der Waals surface area contributed by atoms with Crippen molar-refractivity contribution in [3.8, 4) is 0 Å². The van der Waals surface area contributed by atoms with E-state index in [9.17, 15) is 13.6 Å². The predicted octanol–water partition coefficient (Wildman–Crippen LogP) is 6.96. The highest BCUT2D eigenvalue weighted by Crippen LogP contribution is 2.55. The Kier molecular flexibility index (Phi) is 5.77. The molecule has 1 amide bonds. The van der Waals surface area contributed by atoms with Crippen molar-refractivity contribution in [3.05, 3.63) is 50.8 Å². The molecule has 36 heavy (non-hydrogen) atoms. The van der Waals surface area contributed by atoms with E-state index in [4.69, 9.17) is 0 Å². The Bertz CT molecular complexity index is 1210. The van der Waals surface area contributed by atoms with Crippen LogP contribution in [0.15, 0.2) is 30.3 Å². The Morgan fingerprint density at radius 1 is 0.972 bits per heavy atom. The molecule has 2 aliphatic heterocycles. The molecule has 2 aromatic rings. The summed E-state index contributed by atoms with van der Waals surface area (Å²) in [5, 5.41) is 2.93. The van der Waals surface area contributed by atoms with Crippen LogP contribution in [0.3, 0.4) is 0 Å². The maximum absolute atomic E-state index is 15.3. The first-order chi connectivity index (χ1) is 17.1. The van der Waals surface area contributed by atoms with Crippen molar-refractivity contribution < 1.29 is 18.0 Å². The smallest absolute Gasteiger partial charge is 0.257 e. The quantitative estimate of drug-likeness (QED) is 0.383. The second-order valence-electron chi connectivity index (χ2n) is 11.4. The number of fused-ring (bicyclic) bond motifs is 2. The van der Waals surface area contributed by atoms with E-state index in [1.165, 1.54) is 18.9 Å².